The Bertz CT molecular complexity index is 604. The lowest BCUT2D eigenvalue weighted by Gasteiger charge is -2.37. The molecule has 0 saturated carbocycles. The summed E-state index contributed by atoms with van der Waals surface area (Å²) >= 11 is 1.58. The lowest BCUT2D eigenvalue weighted by atomic mass is 10.2. The van der Waals surface area contributed by atoms with Crippen molar-refractivity contribution in [3.8, 4) is 0 Å². The minimum atomic E-state index is -3.54. The smallest absolute Gasteiger partial charge is 0.282 e. The summed E-state index contributed by atoms with van der Waals surface area (Å²) in [5.41, 5.74) is 0. The van der Waals surface area contributed by atoms with Crippen LogP contribution >= 0.6 is 11.3 Å². The molecule has 3 rings (SSSR count). The molecule has 1 aromatic heterocycles. The Kier molecular flexibility index (Phi) is 5.94. The summed E-state index contributed by atoms with van der Waals surface area (Å²) in [6.07, 6.45) is 1.75. The molecule has 2 aliphatic heterocycles. The zero-order chi connectivity index (χ0) is 17.2. The Balaban J connectivity index is 1.78. The van der Waals surface area contributed by atoms with E-state index in [1.165, 1.54) is 0 Å². The molecule has 0 amide bonds. The lowest BCUT2D eigenvalue weighted by Crippen LogP contribution is -2.53. The van der Waals surface area contributed by atoms with Crippen molar-refractivity contribution in [1.82, 2.24) is 8.61 Å². The maximum Gasteiger partial charge on any atom is 0.282 e. The van der Waals surface area contributed by atoms with Crippen LogP contribution in [0.3, 0.4) is 0 Å². The summed E-state index contributed by atoms with van der Waals surface area (Å²) in [4.78, 5) is 1.05. The highest BCUT2D eigenvalue weighted by Gasteiger charge is 2.37. The Hall–Kier alpha value is -0.510. The molecule has 0 spiro atoms. The zero-order valence-electron chi connectivity index (χ0n) is 14.3. The highest BCUT2D eigenvalue weighted by atomic mass is 32.2. The van der Waals surface area contributed by atoms with Gasteiger partial charge in [-0.05, 0) is 38.1 Å². The molecule has 8 heteroatoms. The first-order valence-corrected chi connectivity index (χ1v) is 10.8. The summed E-state index contributed by atoms with van der Waals surface area (Å²) in [6, 6.07) is 3.93. The van der Waals surface area contributed by atoms with Crippen LogP contribution in [-0.2, 0) is 26.2 Å². The first kappa shape index (κ1) is 18.3. The highest BCUT2D eigenvalue weighted by molar-refractivity contribution is 7.86. The van der Waals surface area contributed by atoms with E-state index in [9.17, 15) is 8.42 Å². The van der Waals surface area contributed by atoms with Gasteiger partial charge in [-0.3, -0.25) is 0 Å². The van der Waals surface area contributed by atoms with Gasteiger partial charge in [0.25, 0.3) is 10.2 Å². The van der Waals surface area contributed by atoms with Crippen LogP contribution in [0.25, 0.3) is 0 Å². The fourth-order valence-electron chi connectivity index (χ4n) is 3.31. The number of ether oxygens (including phenoxy) is 2. The Morgan fingerprint density at radius 3 is 2.67 bits per heavy atom. The maximum atomic E-state index is 13.2. The van der Waals surface area contributed by atoms with Crippen LogP contribution in [0, 0.1) is 0 Å². The van der Waals surface area contributed by atoms with E-state index in [4.69, 9.17) is 9.47 Å². The molecule has 2 aliphatic rings. The summed E-state index contributed by atoms with van der Waals surface area (Å²) in [7, 11) is -3.54. The molecule has 0 radical (unpaired) electrons. The van der Waals surface area contributed by atoms with Gasteiger partial charge in [-0.25, -0.2) is 0 Å². The van der Waals surface area contributed by atoms with Gasteiger partial charge in [0.15, 0.2) is 0 Å². The predicted molar refractivity (Wildman–Crippen MR) is 94.2 cm³/mol. The molecular weight excluding hydrogens is 348 g/mol. The second-order valence-corrected chi connectivity index (χ2v) is 9.55. The number of hydrogen-bond acceptors (Lipinski definition) is 5. The largest absolute Gasteiger partial charge is 0.377 e. The number of morpholine rings is 1. The van der Waals surface area contributed by atoms with Crippen molar-refractivity contribution in [2.75, 3.05) is 26.2 Å². The van der Waals surface area contributed by atoms with Gasteiger partial charge < -0.3 is 9.47 Å². The number of rotatable bonds is 6. The molecule has 3 heterocycles. The molecule has 0 bridgehead atoms. The number of thiophene rings is 1. The Morgan fingerprint density at radius 2 is 2.08 bits per heavy atom. The van der Waals surface area contributed by atoms with Gasteiger partial charge in [0.1, 0.15) is 0 Å². The topological polar surface area (TPSA) is 59.1 Å². The molecule has 6 nitrogen and oxygen atoms in total. The molecule has 1 aromatic rings. The standard InChI is InChI=1S/C16H26N2O4S2/c1-13-9-17(10-14(2)22-13)24(19,20)18(11-15-5-3-7-21-15)12-16-6-4-8-23-16/h4,6,8,13-15H,3,5,7,9-12H2,1-2H3/t13-,14+,15-/m0/s1. The summed E-state index contributed by atoms with van der Waals surface area (Å²) in [6.45, 7) is 6.19. The predicted octanol–water partition coefficient (Wildman–Crippen LogP) is 2.08. The lowest BCUT2D eigenvalue weighted by molar-refractivity contribution is -0.0458. The highest BCUT2D eigenvalue weighted by Crippen LogP contribution is 2.23. The van der Waals surface area contributed by atoms with Gasteiger partial charge in [0, 0.05) is 37.7 Å². The third-order valence-electron chi connectivity index (χ3n) is 4.38. The van der Waals surface area contributed by atoms with Gasteiger partial charge in [-0.15, -0.1) is 11.3 Å². The van der Waals surface area contributed by atoms with Crippen molar-refractivity contribution in [2.45, 2.75) is 51.5 Å². The van der Waals surface area contributed by atoms with Crippen molar-refractivity contribution < 1.29 is 17.9 Å². The van der Waals surface area contributed by atoms with Gasteiger partial charge >= 0.3 is 0 Å². The van der Waals surface area contributed by atoms with E-state index in [1.54, 1.807) is 19.9 Å². The third-order valence-corrected chi connectivity index (χ3v) is 7.12. The summed E-state index contributed by atoms with van der Waals surface area (Å²) < 4.78 is 41.0. The molecule has 0 aliphatic carbocycles. The SMILES string of the molecule is C[C@@H]1CN(S(=O)(=O)N(Cc2cccs2)C[C@@H]2CCCO2)C[C@H](C)O1. The summed E-state index contributed by atoms with van der Waals surface area (Å²) in [5.74, 6) is 0. The molecule has 0 aromatic carbocycles. The Morgan fingerprint density at radius 1 is 1.33 bits per heavy atom. The van der Waals surface area contributed by atoms with Crippen molar-refractivity contribution in [1.29, 1.82) is 0 Å². The average Bonchev–Trinajstić information content (AvgIpc) is 3.19. The monoisotopic (exact) mass is 374 g/mol. The fourth-order valence-corrected chi connectivity index (χ4v) is 5.90. The molecule has 0 N–H and O–H groups in total. The number of nitrogens with zero attached hydrogens (tertiary/aromatic N) is 2. The van der Waals surface area contributed by atoms with E-state index in [1.807, 2.05) is 31.4 Å². The quantitative estimate of drug-likeness (QED) is 0.765. The molecule has 3 atom stereocenters. The van der Waals surface area contributed by atoms with Gasteiger partial charge in [-0.1, -0.05) is 6.07 Å². The van der Waals surface area contributed by atoms with Crippen molar-refractivity contribution in [2.24, 2.45) is 0 Å². The van der Waals surface area contributed by atoms with Crippen molar-refractivity contribution in [3.63, 3.8) is 0 Å². The molecule has 2 fully saturated rings. The van der Waals surface area contributed by atoms with Crippen LogP contribution < -0.4 is 0 Å². The minimum absolute atomic E-state index is 0.00405. The van der Waals surface area contributed by atoms with E-state index < -0.39 is 10.2 Å². The van der Waals surface area contributed by atoms with Crippen molar-refractivity contribution in [3.05, 3.63) is 22.4 Å². The van der Waals surface area contributed by atoms with Crippen molar-refractivity contribution >= 4 is 21.5 Å². The number of hydrogen-bond donors (Lipinski definition) is 0. The molecule has 136 valence electrons. The second-order valence-electron chi connectivity index (χ2n) is 6.59. The van der Waals surface area contributed by atoms with E-state index in [0.717, 1.165) is 24.3 Å². The fraction of sp³-hybridized carbons (Fsp3) is 0.750. The first-order valence-electron chi connectivity index (χ1n) is 8.50. The first-order chi connectivity index (χ1) is 11.4. The van der Waals surface area contributed by atoms with Crippen LogP contribution in [0.15, 0.2) is 17.5 Å². The zero-order valence-corrected chi connectivity index (χ0v) is 15.9. The molecule has 0 unspecified atom stereocenters. The van der Waals surface area contributed by atoms with E-state index >= 15 is 0 Å². The second kappa shape index (κ2) is 7.80. The van der Waals surface area contributed by atoms with Crippen LogP contribution in [0.4, 0.5) is 0 Å². The van der Waals surface area contributed by atoms with E-state index in [0.29, 0.717) is 26.2 Å². The maximum absolute atomic E-state index is 13.2. The molecule has 2 saturated heterocycles. The Labute approximate surface area is 148 Å². The molecule has 24 heavy (non-hydrogen) atoms. The van der Waals surface area contributed by atoms with Crippen LogP contribution in [0.1, 0.15) is 31.6 Å². The average molecular weight is 375 g/mol. The minimum Gasteiger partial charge on any atom is -0.377 e. The summed E-state index contributed by atoms with van der Waals surface area (Å²) in [5, 5.41) is 1.98. The van der Waals surface area contributed by atoms with Crippen LogP contribution in [0.2, 0.25) is 0 Å². The third kappa shape index (κ3) is 4.36. The van der Waals surface area contributed by atoms with Gasteiger partial charge in [-0.2, -0.15) is 17.0 Å². The van der Waals surface area contributed by atoms with Crippen LogP contribution in [-0.4, -0.2) is 61.6 Å². The molecular formula is C16H26N2O4S2. The normalized spacial score (nSPS) is 29.4. The van der Waals surface area contributed by atoms with E-state index in [-0.39, 0.29) is 18.3 Å². The van der Waals surface area contributed by atoms with Crippen LogP contribution in [0.5, 0.6) is 0 Å². The van der Waals surface area contributed by atoms with Gasteiger partial charge in [0.2, 0.25) is 0 Å². The van der Waals surface area contributed by atoms with E-state index in [2.05, 4.69) is 0 Å². The van der Waals surface area contributed by atoms with Gasteiger partial charge in [0.05, 0.1) is 18.3 Å².